The zero-order chi connectivity index (χ0) is 19.7. The van der Waals surface area contributed by atoms with Gasteiger partial charge in [-0.15, -0.1) is 0 Å². The van der Waals surface area contributed by atoms with Gasteiger partial charge >= 0.3 is 12.0 Å². The number of hydrogen-bond acceptors (Lipinski definition) is 3. The Hall–Kier alpha value is -2.57. The average molecular weight is 385 g/mol. The van der Waals surface area contributed by atoms with Crippen LogP contribution in [0.5, 0.6) is 0 Å². The summed E-state index contributed by atoms with van der Waals surface area (Å²) in [5, 5.41) is 17.7. The molecule has 4 aliphatic rings. The van der Waals surface area contributed by atoms with Gasteiger partial charge in [0.2, 0.25) is 5.91 Å². The topological polar surface area (TPSA) is 108 Å². The Bertz CT molecular complexity index is 756. The van der Waals surface area contributed by atoms with Gasteiger partial charge in [0.05, 0.1) is 5.56 Å². The fourth-order valence-corrected chi connectivity index (χ4v) is 5.79. The number of aromatic carboxylic acids is 1. The Morgan fingerprint density at radius 3 is 2.29 bits per heavy atom. The summed E-state index contributed by atoms with van der Waals surface area (Å²) in [5.74, 6) is 0.980. The van der Waals surface area contributed by atoms with Gasteiger partial charge in [0.1, 0.15) is 0 Å². The van der Waals surface area contributed by atoms with Crippen LogP contribution in [-0.4, -0.2) is 35.1 Å². The largest absolute Gasteiger partial charge is 0.478 e. The fourth-order valence-electron chi connectivity index (χ4n) is 5.79. The van der Waals surface area contributed by atoms with Gasteiger partial charge in [0.15, 0.2) is 0 Å². The van der Waals surface area contributed by atoms with Crippen LogP contribution in [0.1, 0.15) is 55.3 Å². The van der Waals surface area contributed by atoms with Gasteiger partial charge in [-0.05, 0) is 74.5 Å². The number of rotatable bonds is 6. The van der Waals surface area contributed by atoms with Crippen LogP contribution in [0.3, 0.4) is 0 Å². The van der Waals surface area contributed by atoms with Crippen LogP contribution in [-0.2, 0) is 4.79 Å². The molecule has 0 heterocycles. The lowest BCUT2D eigenvalue weighted by Crippen LogP contribution is -2.61. The maximum absolute atomic E-state index is 12.4. The molecule has 0 saturated heterocycles. The Labute approximate surface area is 164 Å². The molecule has 0 atom stereocenters. The molecule has 4 saturated carbocycles. The summed E-state index contributed by atoms with van der Waals surface area (Å²) in [6, 6.07) is 5.90. The SMILES string of the molecule is O=C(CCNC(=O)NC12CC3CC(CC(C3)C1)C2)Nc1cccc(C(=O)O)c1. The van der Waals surface area contributed by atoms with Crippen LogP contribution in [0, 0.1) is 17.8 Å². The van der Waals surface area contributed by atoms with Crippen molar-refractivity contribution in [2.24, 2.45) is 17.8 Å². The highest BCUT2D eigenvalue weighted by Gasteiger charge is 2.51. The van der Waals surface area contributed by atoms with E-state index in [1.54, 1.807) is 12.1 Å². The molecule has 150 valence electrons. The van der Waals surface area contributed by atoms with Crippen molar-refractivity contribution in [1.82, 2.24) is 10.6 Å². The van der Waals surface area contributed by atoms with Crippen molar-refractivity contribution in [3.8, 4) is 0 Å². The molecule has 0 aliphatic heterocycles. The van der Waals surface area contributed by atoms with E-state index in [0.29, 0.717) is 5.69 Å². The van der Waals surface area contributed by atoms with Crippen molar-refractivity contribution >= 4 is 23.6 Å². The van der Waals surface area contributed by atoms with Crippen LogP contribution in [0.2, 0.25) is 0 Å². The van der Waals surface area contributed by atoms with E-state index >= 15 is 0 Å². The molecule has 1 aromatic rings. The summed E-state index contributed by atoms with van der Waals surface area (Å²) >= 11 is 0. The maximum Gasteiger partial charge on any atom is 0.335 e. The molecule has 0 spiro atoms. The van der Waals surface area contributed by atoms with Gasteiger partial charge < -0.3 is 21.1 Å². The second kappa shape index (κ2) is 7.45. The first-order chi connectivity index (χ1) is 13.4. The Balaban J connectivity index is 1.22. The van der Waals surface area contributed by atoms with Gasteiger partial charge in [-0.3, -0.25) is 4.79 Å². The predicted octanol–water partition coefficient (Wildman–Crippen LogP) is 2.98. The van der Waals surface area contributed by atoms with Gasteiger partial charge in [-0.2, -0.15) is 0 Å². The highest BCUT2D eigenvalue weighted by atomic mass is 16.4. The number of benzene rings is 1. The van der Waals surface area contributed by atoms with Crippen molar-refractivity contribution in [3.63, 3.8) is 0 Å². The maximum atomic E-state index is 12.4. The highest BCUT2D eigenvalue weighted by Crippen LogP contribution is 2.55. The Morgan fingerprint density at radius 1 is 1.04 bits per heavy atom. The van der Waals surface area contributed by atoms with Crippen LogP contribution in [0.15, 0.2) is 24.3 Å². The summed E-state index contributed by atoms with van der Waals surface area (Å²) < 4.78 is 0. The van der Waals surface area contributed by atoms with E-state index in [0.717, 1.165) is 37.0 Å². The lowest BCUT2D eigenvalue weighted by Gasteiger charge is -2.56. The van der Waals surface area contributed by atoms with Crippen molar-refractivity contribution in [3.05, 3.63) is 29.8 Å². The summed E-state index contributed by atoms with van der Waals surface area (Å²) in [5.41, 5.74) is 0.507. The van der Waals surface area contributed by atoms with Gasteiger partial charge in [-0.25, -0.2) is 9.59 Å². The van der Waals surface area contributed by atoms with E-state index in [4.69, 9.17) is 5.11 Å². The number of urea groups is 1. The summed E-state index contributed by atoms with van der Waals surface area (Å²) in [7, 11) is 0. The van der Waals surface area contributed by atoms with E-state index in [1.807, 2.05) is 0 Å². The second-order valence-electron chi connectivity index (χ2n) is 8.76. The molecule has 4 aliphatic carbocycles. The second-order valence-corrected chi connectivity index (χ2v) is 8.76. The predicted molar refractivity (Wildman–Crippen MR) is 104 cm³/mol. The number of carbonyl (C=O) groups is 3. The highest BCUT2D eigenvalue weighted by molar-refractivity contribution is 5.94. The number of carboxylic acid groups (broad SMARTS) is 1. The minimum atomic E-state index is -1.04. The van der Waals surface area contributed by atoms with Gasteiger partial charge in [0.25, 0.3) is 0 Å². The third-order valence-electron chi connectivity index (χ3n) is 6.45. The minimum Gasteiger partial charge on any atom is -0.478 e. The number of nitrogens with one attached hydrogen (secondary N) is 3. The molecule has 4 bridgehead atoms. The van der Waals surface area contributed by atoms with Crippen LogP contribution in [0.25, 0.3) is 0 Å². The lowest BCUT2D eigenvalue weighted by atomic mass is 9.53. The number of anilines is 1. The Morgan fingerprint density at radius 2 is 1.68 bits per heavy atom. The Kier molecular flexibility index (Phi) is 5.00. The summed E-state index contributed by atoms with van der Waals surface area (Å²) in [4.78, 5) is 35.4. The first-order valence-electron chi connectivity index (χ1n) is 10.1. The molecule has 4 fully saturated rings. The van der Waals surface area contributed by atoms with Crippen molar-refractivity contribution in [1.29, 1.82) is 0 Å². The van der Waals surface area contributed by atoms with Crippen molar-refractivity contribution in [2.45, 2.75) is 50.5 Å². The van der Waals surface area contributed by atoms with E-state index in [1.165, 1.54) is 31.4 Å². The number of hydrogen-bond donors (Lipinski definition) is 4. The number of carboxylic acids is 1. The zero-order valence-electron chi connectivity index (χ0n) is 15.9. The molecule has 0 aromatic heterocycles. The molecule has 0 unspecified atom stereocenters. The van der Waals surface area contributed by atoms with Crippen molar-refractivity contribution in [2.75, 3.05) is 11.9 Å². The normalized spacial score (nSPS) is 29.9. The zero-order valence-corrected chi connectivity index (χ0v) is 15.9. The van der Waals surface area contributed by atoms with Crippen LogP contribution >= 0.6 is 0 Å². The molecule has 7 heteroatoms. The molecule has 4 N–H and O–H groups in total. The molecule has 3 amide bonds. The van der Waals surface area contributed by atoms with E-state index in [2.05, 4.69) is 16.0 Å². The quantitative estimate of drug-likeness (QED) is 0.604. The number of carbonyl (C=O) groups excluding carboxylic acids is 2. The first kappa shape index (κ1) is 18.8. The molecular weight excluding hydrogens is 358 g/mol. The smallest absolute Gasteiger partial charge is 0.335 e. The van der Waals surface area contributed by atoms with E-state index < -0.39 is 5.97 Å². The summed E-state index contributed by atoms with van der Waals surface area (Å²) in [6.07, 6.45) is 7.38. The molecule has 0 radical (unpaired) electrons. The lowest BCUT2D eigenvalue weighted by molar-refractivity contribution is -0.116. The van der Waals surface area contributed by atoms with E-state index in [9.17, 15) is 14.4 Å². The van der Waals surface area contributed by atoms with Gasteiger partial charge in [-0.1, -0.05) is 6.07 Å². The molecule has 1 aromatic carbocycles. The first-order valence-corrected chi connectivity index (χ1v) is 10.1. The third-order valence-corrected chi connectivity index (χ3v) is 6.45. The standard InChI is InChI=1S/C21H27N3O4/c25-18(23-17-3-1-2-16(9-17)19(26)27)4-5-22-20(28)24-21-10-13-6-14(11-21)8-15(7-13)12-21/h1-3,9,13-15H,4-8,10-12H2,(H,23,25)(H,26,27)(H2,22,24,28). The molecule has 7 nitrogen and oxygen atoms in total. The van der Waals surface area contributed by atoms with Crippen LogP contribution in [0.4, 0.5) is 10.5 Å². The number of amides is 3. The molecular formula is C21H27N3O4. The minimum absolute atomic E-state index is 0.0433. The average Bonchev–Trinajstić information content (AvgIpc) is 2.60. The molecule has 5 rings (SSSR count). The van der Waals surface area contributed by atoms with Gasteiger partial charge in [0, 0.05) is 24.2 Å². The molecule has 28 heavy (non-hydrogen) atoms. The van der Waals surface area contributed by atoms with Crippen molar-refractivity contribution < 1.29 is 19.5 Å². The summed E-state index contributed by atoms with van der Waals surface area (Å²) in [6.45, 7) is 0.239. The fraction of sp³-hybridized carbons (Fsp3) is 0.571. The monoisotopic (exact) mass is 385 g/mol. The van der Waals surface area contributed by atoms with Crippen LogP contribution < -0.4 is 16.0 Å². The van der Waals surface area contributed by atoms with E-state index in [-0.39, 0.29) is 36.0 Å². The third kappa shape index (κ3) is 4.13.